The molecule has 0 bridgehead atoms. The van der Waals surface area contributed by atoms with Gasteiger partial charge in [-0.05, 0) is 18.2 Å². The largest absolute Gasteiger partial charge is 0.309 e. The molecule has 1 saturated heterocycles. The van der Waals surface area contributed by atoms with E-state index in [1.54, 1.807) is 4.57 Å². The molecule has 2 aromatic rings. The van der Waals surface area contributed by atoms with Crippen molar-refractivity contribution in [2.24, 2.45) is 0 Å². The fourth-order valence-electron chi connectivity index (χ4n) is 3.72. The van der Waals surface area contributed by atoms with Crippen molar-refractivity contribution in [3.8, 4) is 0 Å². The first-order chi connectivity index (χ1) is 14.1. The van der Waals surface area contributed by atoms with Gasteiger partial charge in [0, 0.05) is 56.8 Å². The summed E-state index contributed by atoms with van der Waals surface area (Å²) < 4.78 is 3.42. The maximum atomic E-state index is 12.6. The van der Waals surface area contributed by atoms with Crippen LogP contribution in [0.5, 0.6) is 0 Å². The maximum Gasteiger partial charge on any atom is 0.309 e. The summed E-state index contributed by atoms with van der Waals surface area (Å²) in [5, 5.41) is 0. The number of fused-ring (bicyclic) bond motifs is 1. The van der Waals surface area contributed by atoms with Crippen LogP contribution in [0, 0.1) is 0 Å². The van der Waals surface area contributed by atoms with Crippen LogP contribution in [-0.2, 0) is 4.79 Å². The molecule has 1 fully saturated rings. The molecule has 1 aliphatic rings. The molecule has 0 radical (unpaired) electrons. The van der Waals surface area contributed by atoms with Gasteiger partial charge in [0.25, 0.3) is 0 Å². The second-order valence-corrected chi connectivity index (χ2v) is 9.02. The van der Waals surface area contributed by atoms with E-state index in [-0.39, 0.29) is 4.87 Å². The quantitative estimate of drug-likeness (QED) is 0.388. The minimum absolute atomic E-state index is 0.0953. The highest BCUT2D eigenvalue weighted by Crippen LogP contribution is 2.25. The predicted octanol–water partition coefficient (Wildman–Crippen LogP) is 2.81. The first kappa shape index (κ1) is 22.1. The van der Waals surface area contributed by atoms with Crippen LogP contribution in [0.15, 0.2) is 52.8 Å². The van der Waals surface area contributed by atoms with Crippen molar-refractivity contribution in [3.63, 3.8) is 0 Å². The van der Waals surface area contributed by atoms with Crippen molar-refractivity contribution in [1.29, 1.82) is 0 Å². The molecule has 3 rings (SSSR count). The highest BCUT2D eigenvalue weighted by molar-refractivity contribution is 9.10. The van der Waals surface area contributed by atoms with Gasteiger partial charge in [0.05, 0.1) is 10.2 Å². The molecule has 0 N–H and O–H groups in total. The lowest BCUT2D eigenvalue weighted by atomic mass is 10.2. The van der Waals surface area contributed by atoms with Gasteiger partial charge in [0.1, 0.15) is 6.17 Å². The number of carbonyl (C=O) groups is 1. The standard InChI is InChI=1S/C21H27BrN4O2S/c1-3-7-23(8-4-2)9-10-24-11-13-25(14-12-24)20(16-27)26-18-15-17(22)5-6-19(18)29-21(26)28/h3-6,15-16,20H,1-2,7-14H2. The predicted molar refractivity (Wildman–Crippen MR) is 124 cm³/mol. The Morgan fingerprint density at radius 2 is 1.86 bits per heavy atom. The van der Waals surface area contributed by atoms with Crippen molar-refractivity contribution in [2.75, 3.05) is 52.4 Å². The molecule has 2 heterocycles. The van der Waals surface area contributed by atoms with Crippen LogP contribution >= 0.6 is 27.3 Å². The number of halogens is 1. The number of hydrogen-bond acceptors (Lipinski definition) is 6. The Morgan fingerprint density at radius 3 is 2.48 bits per heavy atom. The molecule has 8 heteroatoms. The van der Waals surface area contributed by atoms with Crippen LogP contribution in [0.4, 0.5) is 0 Å². The summed E-state index contributed by atoms with van der Waals surface area (Å²) in [6.45, 7) is 14.5. The van der Waals surface area contributed by atoms with Gasteiger partial charge < -0.3 is 0 Å². The summed E-state index contributed by atoms with van der Waals surface area (Å²) in [5.74, 6) is 0. The average molecular weight is 479 g/mol. The molecular weight excluding hydrogens is 452 g/mol. The fraction of sp³-hybridized carbons (Fsp3) is 0.429. The highest BCUT2D eigenvalue weighted by Gasteiger charge is 2.27. The lowest BCUT2D eigenvalue weighted by Crippen LogP contribution is -2.51. The lowest BCUT2D eigenvalue weighted by molar-refractivity contribution is -0.116. The van der Waals surface area contributed by atoms with E-state index in [4.69, 9.17) is 0 Å². The number of benzene rings is 1. The molecule has 0 amide bonds. The van der Waals surface area contributed by atoms with E-state index in [1.807, 2.05) is 30.4 Å². The fourth-order valence-corrected chi connectivity index (χ4v) is 4.96. The van der Waals surface area contributed by atoms with E-state index in [1.165, 1.54) is 11.3 Å². The molecule has 1 aromatic carbocycles. The van der Waals surface area contributed by atoms with Gasteiger partial charge in [0.15, 0.2) is 6.29 Å². The normalized spacial score (nSPS) is 16.9. The van der Waals surface area contributed by atoms with Crippen LogP contribution in [-0.4, -0.2) is 77.9 Å². The van der Waals surface area contributed by atoms with E-state index in [2.05, 4.69) is 43.8 Å². The Balaban J connectivity index is 1.65. The zero-order valence-electron chi connectivity index (χ0n) is 16.5. The third-order valence-corrected chi connectivity index (χ3v) is 6.68. The van der Waals surface area contributed by atoms with E-state index in [9.17, 15) is 9.59 Å². The summed E-state index contributed by atoms with van der Waals surface area (Å²) in [6.07, 6.45) is 4.15. The van der Waals surface area contributed by atoms with Gasteiger partial charge in [-0.15, -0.1) is 13.2 Å². The van der Waals surface area contributed by atoms with Gasteiger partial charge >= 0.3 is 4.87 Å². The molecule has 29 heavy (non-hydrogen) atoms. The van der Waals surface area contributed by atoms with E-state index < -0.39 is 6.17 Å². The van der Waals surface area contributed by atoms with Crippen molar-refractivity contribution < 1.29 is 4.79 Å². The van der Waals surface area contributed by atoms with Crippen LogP contribution in [0.2, 0.25) is 0 Å². The summed E-state index contributed by atoms with van der Waals surface area (Å²) in [4.78, 5) is 31.3. The molecule has 156 valence electrons. The third-order valence-electron chi connectivity index (χ3n) is 5.25. The van der Waals surface area contributed by atoms with Crippen LogP contribution < -0.4 is 4.87 Å². The maximum absolute atomic E-state index is 12.6. The van der Waals surface area contributed by atoms with E-state index >= 15 is 0 Å². The average Bonchev–Trinajstić information content (AvgIpc) is 3.03. The number of nitrogens with zero attached hydrogens (tertiary/aromatic N) is 4. The Bertz CT molecular complexity index is 907. The van der Waals surface area contributed by atoms with Gasteiger partial charge in [-0.1, -0.05) is 39.4 Å². The van der Waals surface area contributed by atoms with Crippen LogP contribution in [0.1, 0.15) is 6.17 Å². The molecule has 1 aliphatic heterocycles. The van der Waals surface area contributed by atoms with Gasteiger partial charge in [-0.2, -0.15) is 0 Å². The minimum atomic E-state index is -0.564. The van der Waals surface area contributed by atoms with E-state index in [0.29, 0.717) is 0 Å². The summed E-state index contributed by atoms with van der Waals surface area (Å²) in [5.41, 5.74) is 0.804. The Kier molecular flexibility index (Phi) is 7.97. The Morgan fingerprint density at radius 1 is 1.17 bits per heavy atom. The first-order valence-electron chi connectivity index (χ1n) is 9.73. The Hall–Kier alpha value is -1.58. The minimum Gasteiger partial charge on any atom is -0.300 e. The number of hydrogen-bond donors (Lipinski definition) is 0. The molecular formula is C21H27BrN4O2S. The molecule has 0 spiro atoms. The summed E-state index contributed by atoms with van der Waals surface area (Å²) in [6, 6.07) is 5.74. The zero-order chi connectivity index (χ0) is 20.8. The van der Waals surface area contributed by atoms with Crippen molar-refractivity contribution in [2.45, 2.75) is 6.17 Å². The number of aldehydes is 1. The number of aromatic nitrogens is 1. The molecule has 1 unspecified atom stereocenters. The highest BCUT2D eigenvalue weighted by atomic mass is 79.9. The number of carbonyl (C=O) groups excluding carboxylic acids is 1. The summed E-state index contributed by atoms with van der Waals surface area (Å²) in [7, 11) is 0. The van der Waals surface area contributed by atoms with Crippen molar-refractivity contribution >= 4 is 43.8 Å². The Labute approximate surface area is 183 Å². The van der Waals surface area contributed by atoms with Gasteiger partial charge in [-0.3, -0.25) is 28.9 Å². The molecule has 1 aromatic heterocycles. The SMILES string of the molecule is C=CCN(CC=C)CCN1CCN(C(C=O)n2c(=O)sc3ccc(Br)cc32)CC1. The van der Waals surface area contributed by atoms with Gasteiger partial charge in [-0.25, -0.2) is 0 Å². The van der Waals surface area contributed by atoms with Gasteiger partial charge in [0.2, 0.25) is 0 Å². The third kappa shape index (κ3) is 5.32. The number of thiazole rings is 1. The zero-order valence-corrected chi connectivity index (χ0v) is 18.9. The van der Waals surface area contributed by atoms with Crippen LogP contribution in [0.25, 0.3) is 10.2 Å². The lowest BCUT2D eigenvalue weighted by Gasteiger charge is -2.38. The molecule has 6 nitrogen and oxygen atoms in total. The van der Waals surface area contributed by atoms with E-state index in [0.717, 1.165) is 73.3 Å². The smallest absolute Gasteiger partial charge is 0.300 e. The van der Waals surface area contributed by atoms with Crippen molar-refractivity contribution in [3.05, 3.63) is 57.6 Å². The van der Waals surface area contributed by atoms with Crippen molar-refractivity contribution in [1.82, 2.24) is 19.3 Å². The summed E-state index contributed by atoms with van der Waals surface area (Å²) >= 11 is 4.65. The molecule has 0 saturated carbocycles. The van der Waals surface area contributed by atoms with Crippen LogP contribution in [0.3, 0.4) is 0 Å². The first-order valence-corrected chi connectivity index (χ1v) is 11.3. The monoisotopic (exact) mass is 478 g/mol. The molecule has 0 aliphatic carbocycles. The second kappa shape index (κ2) is 10.4. The topological polar surface area (TPSA) is 48.8 Å². The second-order valence-electron chi connectivity index (χ2n) is 7.11. The number of rotatable bonds is 10. The molecule has 1 atom stereocenters. The number of piperazine rings is 1.